The van der Waals surface area contributed by atoms with Crippen LogP contribution in [0.25, 0.3) is 0 Å². The summed E-state index contributed by atoms with van der Waals surface area (Å²) in [4.78, 5) is 5.77. The van der Waals surface area contributed by atoms with Crippen molar-refractivity contribution < 1.29 is 13.2 Å². The molecule has 0 amide bonds. The molecule has 1 heterocycles. The summed E-state index contributed by atoms with van der Waals surface area (Å²) in [5.41, 5.74) is 1.55. The van der Waals surface area contributed by atoms with Gasteiger partial charge in [-0.3, -0.25) is 9.89 Å². The predicted molar refractivity (Wildman–Crippen MR) is 116 cm³/mol. The van der Waals surface area contributed by atoms with Crippen molar-refractivity contribution in [3.63, 3.8) is 0 Å². The summed E-state index contributed by atoms with van der Waals surface area (Å²) < 4.78 is 37.2. The second-order valence-corrected chi connectivity index (χ2v) is 7.41. The van der Waals surface area contributed by atoms with Crippen LogP contribution in [0.4, 0.5) is 13.2 Å². The van der Waals surface area contributed by atoms with Crippen LogP contribution in [0.5, 0.6) is 0 Å². The van der Waals surface area contributed by atoms with E-state index in [0.29, 0.717) is 19.0 Å². The second-order valence-electron chi connectivity index (χ2n) is 7.41. The minimum Gasteiger partial charge on any atom is -0.356 e. The van der Waals surface area contributed by atoms with Crippen LogP contribution in [0.3, 0.4) is 0 Å². The van der Waals surface area contributed by atoms with E-state index >= 15 is 0 Å². The second kappa shape index (κ2) is 12.9. The van der Waals surface area contributed by atoms with Gasteiger partial charge in [-0.05, 0) is 70.4 Å². The standard InChI is InChI=1S/C19H33F3N4.HI/c1-23-18(24-11-7-16-5-3-2-4-6-16)25-12-8-17-9-13-26(14-10-17)15-19(20,21)22;/h5,17H,2-4,6-15H2,1H3,(H2,23,24,25);1H. The van der Waals surface area contributed by atoms with Crippen LogP contribution in [0.1, 0.15) is 51.4 Å². The minimum absolute atomic E-state index is 0. The van der Waals surface area contributed by atoms with Crippen molar-refractivity contribution in [2.24, 2.45) is 10.9 Å². The third-order valence-electron chi connectivity index (χ3n) is 5.30. The molecule has 0 spiro atoms. The van der Waals surface area contributed by atoms with E-state index in [-0.39, 0.29) is 24.0 Å². The summed E-state index contributed by atoms with van der Waals surface area (Å²) in [6, 6.07) is 0. The normalized spacial score (nSPS) is 20.0. The number of hydrogen-bond acceptors (Lipinski definition) is 2. The first-order valence-corrected chi connectivity index (χ1v) is 9.88. The third kappa shape index (κ3) is 10.6. The first kappa shape index (κ1) is 24.5. The zero-order valence-corrected chi connectivity index (χ0v) is 18.6. The Hall–Kier alpha value is -0.510. The van der Waals surface area contributed by atoms with Gasteiger partial charge < -0.3 is 10.6 Å². The van der Waals surface area contributed by atoms with Crippen molar-refractivity contribution >= 4 is 29.9 Å². The first-order valence-electron chi connectivity index (χ1n) is 9.88. The summed E-state index contributed by atoms with van der Waals surface area (Å²) in [7, 11) is 1.77. The van der Waals surface area contributed by atoms with E-state index in [4.69, 9.17) is 0 Å². The van der Waals surface area contributed by atoms with Crippen LogP contribution in [0.15, 0.2) is 16.6 Å². The fourth-order valence-electron chi connectivity index (χ4n) is 3.78. The molecule has 0 saturated carbocycles. The largest absolute Gasteiger partial charge is 0.401 e. The van der Waals surface area contributed by atoms with Crippen LogP contribution in [-0.2, 0) is 0 Å². The number of rotatable bonds is 7. The highest BCUT2D eigenvalue weighted by molar-refractivity contribution is 14.0. The van der Waals surface area contributed by atoms with Gasteiger partial charge >= 0.3 is 6.18 Å². The summed E-state index contributed by atoms with van der Waals surface area (Å²) in [5.74, 6) is 1.31. The quantitative estimate of drug-likeness (QED) is 0.236. The molecule has 0 atom stereocenters. The van der Waals surface area contributed by atoms with Crippen LogP contribution >= 0.6 is 24.0 Å². The number of allylic oxidation sites excluding steroid dienone is 1. The fourth-order valence-corrected chi connectivity index (χ4v) is 3.78. The lowest BCUT2D eigenvalue weighted by Crippen LogP contribution is -2.41. The van der Waals surface area contributed by atoms with E-state index < -0.39 is 12.7 Å². The molecule has 1 saturated heterocycles. The Morgan fingerprint density at radius 3 is 2.48 bits per heavy atom. The highest BCUT2D eigenvalue weighted by Gasteiger charge is 2.32. The van der Waals surface area contributed by atoms with Gasteiger partial charge in [0.2, 0.25) is 0 Å². The van der Waals surface area contributed by atoms with Crippen LogP contribution in [0.2, 0.25) is 0 Å². The number of hydrogen-bond donors (Lipinski definition) is 2. The van der Waals surface area contributed by atoms with E-state index in [1.807, 2.05) is 0 Å². The Morgan fingerprint density at radius 2 is 1.89 bits per heavy atom. The van der Waals surface area contributed by atoms with Gasteiger partial charge in [-0.25, -0.2) is 0 Å². The molecule has 0 aromatic carbocycles. The molecule has 0 bridgehead atoms. The molecule has 2 N–H and O–H groups in total. The lowest BCUT2D eigenvalue weighted by molar-refractivity contribution is -0.148. The van der Waals surface area contributed by atoms with Gasteiger partial charge in [-0.15, -0.1) is 24.0 Å². The zero-order chi connectivity index (χ0) is 18.8. The highest BCUT2D eigenvalue weighted by atomic mass is 127. The number of nitrogens with zero attached hydrogens (tertiary/aromatic N) is 2. The number of piperidine rings is 1. The van der Waals surface area contributed by atoms with Crippen molar-refractivity contribution in [1.29, 1.82) is 0 Å². The molecule has 0 aromatic rings. The third-order valence-corrected chi connectivity index (χ3v) is 5.30. The molecule has 8 heteroatoms. The zero-order valence-electron chi connectivity index (χ0n) is 16.3. The summed E-state index contributed by atoms with van der Waals surface area (Å²) >= 11 is 0. The van der Waals surface area contributed by atoms with Gasteiger partial charge in [0, 0.05) is 20.1 Å². The Labute approximate surface area is 178 Å². The van der Waals surface area contributed by atoms with Gasteiger partial charge in [-0.2, -0.15) is 13.2 Å². The van der Waals surface area contributed by atoms with Crippen LogP contribution < -0.4 is 10.6 Å². The lowest BCUT2D eigenvalue weighted by atomic mass is 9.93. The molecule has 0 unspecified atom stereocenters. The number of aliphatic imine (C=N–C) groups is 1. The van der Waals surface area contributed by atoms with Gasteiger partial charge in [-0.1, -0.05) is 11.6 Å². The highest BCUT2D eigenvalue weighted by Crippen LogP contribution is 2.24. The fraction of sp³-hybridized carbons (Fsp3) is 0.842. The van der Waals surface area contributed by atoms with Crippen LogP contribution in [0, 0.1) is 5.92 Å². The van der Waals surface area contributed by atoms with E-state index in [9.17, 15) is 13.2 Å². The van der Waals surface area contributed by atoms with E-state index in [2.05, 4.69) is 21.7 Å². The number of guanidine groups is 1. The molecule has 27 heavy (non-hydrogen) atoms. The molecule has 0 aromatic heterocycles. The van der Waals surface area contributed by atoms with Crippen molar-refractivity contribution in [2.75, 3.05) is 39.8 Å². The molecular weight excluding hydrogens is 468 g/mol. The van der Waals surface area contributed by atoms with Crippen molar-refractivity contribution in [3.05, 3.63) is 11.6 Å². The van der Waals surface area contributed by atoms with Crippen molar-refractivity contribution in [1.82, 2.24) is 15.5 Å². The molecule has 1 aliphatic carbocycles. The Kier molecular flexibility index (Phi) is 11.7. The smallest absolute Gasteiger partial charge is 0.356 e. The van der Waals surface area contributed by atoms with E-state index in [1.165, 1.54) is 30.6 Å². The maximum absolute atomic E-state index is 12.4. The Bertz CT molecular complexity index is 472. The van der Waals surface area contributed by atoms with Crippen LogP contribution in [-0.4, -0.2) is 56.8 Å². The molecular formula is C19H34F3IN4. The molecule has 0 radical (unpaired) electrons. The number of halogens is 4. The molecule has 4 nitrogen and oxygen atoms in total. The molecule has 158 valence electrons. The van der Waals surface area contributed by atoms with Gasteiger partial charge in [0.1, 0.15) is 0 Å². The van der Waals surface area contributed by atoms with Gasteiger partial charge in [0.05, 0.1) is 6.54 Å². The molecule has 1 aliphatic heterocycles. The van der Waals surface area contributed by atoms with Crippen molar-refractivity contribution in [2.45, 2.75) is 57.5 Å². The minimum atomic E-state index is -4.08. The predicted octanol–water partition coefficient (Wildman–Crippen LogP) is 4.32. The Balaban J connectivity index is 0.00000364. The number of likely N-dealkylation sites (tertiary alicyclic amines) is 1. The first-order chi connectivity index (χ1) is 12.5. The maximum atomic E-state index is 12.4. The average Bonchev–Trinajstić information content (AvgIpc) is 2.61. The SMILES string of the molecule is CN=C(NCCC1=CCCCC1)NCCC1CCN(CC(F)(F)F)CC1.I. The average molecular weight is 502 g/mol. The van der Waals surface area contributed by atoms with Gasteiger partial charge in [0.15, 0.2) is 5.96 Å². The number of nitrogens with one attached hydrogen (secondary N) is 2. The van der Waals surface area contributed by atoms with Gasteiger partial charge in [0.25, 0.3) is 0 Å². The molecule has 2 rings (SSSR count). The summed E-state index contributed by atoms with van der Waals surface area (Å²) in [6.45, 7) is 2.02. The van der Waals surface area contributed by atoms with E-state index in [1.54, 1.807) is 12.6 Å². The van der Waals surface area contributed by atoms with Crippen molar-refractivity contribution in [3.8, 4) is 0 Å². The Morgan fingerprint density at radius 1 is 1.19 bits per heavy atom. The summed E-state index contributed by atoms with van der Waals surface area (Å²) in [5, 5.41) is 6.68. The molecule has 1 fully saturated rings. The lowest BCUT2D eigenvalue weighted by Gasteiger charge is -2.32. The summed E-state index contributed by atoms with van der Waals surface area (Å²) in [6.07, 6.45) is 7.08. The van der Waals surface area contributed by atoms with E-state index in [0.717, 1.165) is 44.7 Å². The molecule has 2 aliphatic rings. The topological polar surface area (TPSA) is 39.7 Å². The number of alkyl halides is 3. The maximum Gasteiger partial charge on any atom is 0.401 e. The monoisotopic (exact) mass is 502 g/mol.